The number of carbonyl (C=O) groups is 1. The van der Waals surface area contributed by atoms with E-state index in [4.69, 9.17) is 0 Å². The topological polar surface area (TPSA) is 60.9 Å². The van der Waals surface area contributed by atoms with E-state index in [1.165, 1.54) is 17.4 Å². The van der Waals surface area contributed by atoms with E-state index >= 15 is 0 Å². The average molecular weight is 420 g/mol. The van der Waals surface area contributed by atoms with Gasteiger partial charge in [0, 0.05) is 46.2 Å². The molecule has 1 saturated heterocycles. The van der Waals surface area contributed by atoms with Crippen molar-refractivity contribution < 1.29 is 17.6 Å². The van der Waals surface area contributed by atoms with Gasteiger partial charge in [-0.2, -0.15) is 0 Å². The molecule has 0 unspecified atom stereocenters. The van der Waals surface area contributed by atoms with Crippen LogP contribution in [0.15, 0.2) is 59.5 Å². The number of rotatable bonds is 7. The summed E-state index contributed by atoms with van der Waals surface area (Å²) in [4.78, 5) is 16.4. The number of carbonyl (C=O) groups excluding carboxylic acids is 1. The van der Waals surface area contributed by atoms with Crippen molar-refractivity contribution in [1.29, 1.82) is 0 Å². The first kappa shape index (κ1) is 21.3. The summed E-state index contributed by atoms with van der Waals surface area (Å²) in [6.45, 7) is 2.50. The van der Waals surface area contributed by atoms with Crippen LogP contribution in [0.1, 0.15) is 12.8 Å². The van der Waals surface area contributed by atoms with Gasteiger partial charge in [0.1, 0.15) is 5.82 Å². The predicted molar refractivity (Wildman–Crippen MR) is 111 cm³/mol. The van der Waals surface area contributed by atoms with E-state index in [9.17, 15) is 17.6 Å². The van der Waals surface area contributed by atoms with Crippen molar-refractivity contribution in [3.63, 3.8) is 0 Å². The van der Waals surface area contributed by atoms with E-state index in [0.717, 1.165) is 0 Å². The molecule has 3 rings (SSSR count). The second-order valence-corrected chi connectivity index (χ2v) is 9.11. The van der Waals surface area contributed by atoms with Crippen LogP contribution in [0.5, 0.6) is 0 Å². The average Bonchev–Trinajstić information content (AvgIpc) is 2.74. The van der Waals surface area contributed by atoms with Crippen LogP contribution in [0.25, 0.3) is 0 Å². The van der Waals surface area contributed by atoms with Gasteiger partial charge in [0.15, 0.2) is 0 Å². The van der Waals surface area contributed by atoms with Gasteiger partial charge in [0.2, 0.25) is 15.9 Å². The lowest BCUT2D eigenvalue weighted by Crippen LogP contribution is -2.49. The number of halogens is 1. The maximum Gasteiger partial charge on any atom is 0.242 e. The molecule has 1 amide bonds. The van der Waals surface area contributed by atoms with Crippen LogP contribution in [0.2, 0.25) is 0 Å². The Balaban J connectivity index is 1.45. The highest BCUT2D eigenvalue weighted by Crippen LogP contribution is 2.20. The number of hydrogen-bond donors (Lipinski definition) is 0. The molecule has 29 heavy (non-hydrogen) atoms. The van der Waals surface area contributed by atoms with Gasteiger partial charge < -0.3 is 9.80 Å². The normalized spacial score (nSPS) is 15.0. The third-order valence-corrected chi connectivity index (χ3v) is 7.01. The number of anilines is 1. The predicted octanol–water partition coefficient (Wildman–Crippen LogP) is 2.58. The lowest BCUT2D eigenvalue weighted by molar-refractivity contribution is -0.131. The van der Waals surface area contributed by atoms with Crippen LogP contribution in [0, 0.1) is 5.82 Å². The van der Waals surface area contributed by atoms with E-state index in [1.54, 1.807) is 53.4 Å². The van der Waals surface area contributed by atoms with E-state index in [1.807, 2.05) is 4.90 Å². The van der Waals surface area contributed by atoms with Crippen molar-refractivity contribution in [2.75, 3.05) is 44.7 Å². The van der Waals surface area contributed by atoms with Crippen molar-refractivity contribution in [2.45, 2.75) is 17.7 Å². The Morgan fingerprint density at radius 3 is 2.28 bits per heavy atom. The van der Waals surface area contributed by atoms with Crippen molar-refractivity contribution in [1.82, 2.24) is 9.21 Å². The second kappa shape index (κ2) is 9.37. The Labute approximate surface area is 171 Å². The molecule has 0 atom stereocenters. The van der Waals surface area contributed by atoms with Gasteiger partial charge in [0.25, 0.3) is 0 Å². The Morgan fingerprint density at radius 2 is 1.62 bits per heavy atom. The maximum atomic E-state index is 13.9. The molecular formula is C21H26FN3O3S. The van der Waals surface area contributed by atoms with Gasteiger partial charge in [-0.05, 0) is 30.7 Å². The van der Waals surface area contributed by atoms with E-state index in [0.29, 0.717) is 38.3 Å². The Morgan fingerprint density at radius 1 is 1.00 bits per heavy atom. The zero-order valence-corrected chi connectivity index (χ0v) is 17.3. The SMILES string of the molecule is CN(CCCC(=O)N1CCN(c2ccccc2F)CC1)S(=O)(=O)c1ccccc1. The van der Waals surface area contributed by atoms with Gasteiger partial charge in [-0.15, -0.1) is 0 Å². The molecule has 2 aromatic carbocycles. The molecular weight excluding hydrogens is 393 g/mol. The molecule has 1 fully saturated rings. The van der Waals surface area contributed by atoms with E-state index in [2.05, 4.69) is 0 Å². The molecule has 6 nitrogen and oxygen atoms in total. The smallest absolute Gasteiger partial charge is 0.242 e. The summed E-state index contributed by atoms with van der Waals surface area (Å²) in [5.41, 5.74) is 0.562. The second-order valence-electron chi connectivity index (χ2n) is 7.06. The minimum absolute atomic E-state index is 0.00342. The Hall–Kier alpha value is -2.45. The number of hydrogen-bond acceptors (Lipinski definition) is 4. The zero-order chi connectivity index (χ0) is 20.9. The molecule has 8 heteroatoms. The fourth-order valence-corrected chi connectivity index (χ4v) is 4.64. The summed E-state index contributed by atoms with van der Waals surface area (Å²) in [5, 5.41) is 0. The summed E-state index contributed by atoms with van der Waals surface area (Å²) < 4.78 is 40.2. The lowest BCUT2D eigenvalue weighted by atomic mass is 10.2. The third kappa shape index (κ3) is 5.13. The molecule has 0 aromatic heterocycles. The van der Waals surface area contributed by atoms with Gasteiger partial charge in [-0.3, -0.25) is 4.79 Å². The highest BCUT2D eigenvalue weighted by molar-refractivity contribution is 7.89. The highest BCUT2D eigenvalue weighted by Gasteiger charge is 2.24. The van der Waals surface area contributed by atoms with Crippen molar-refractivity contribution in [2.24, 2.45) is 0 Å². The highest BCUT2D eigenvalue weighted by atomic mass is 32.2. The molecule has 1 aliphatic rings. The standard InChI is InChI=1S/C21H26FN3O3S/c1-23(29(27,28)18-8-3-2-4-9-18)13-7-12-21(26)25-16-14-24(15-17-25)20-11-6-5-10-19(20)22/h2-6,8-11H,7,12-17H2,1H3. The minimum Gasteiger partial charge on any atom is -0.366 e. The third-order valence-electron chi connectivity index (χ3n) is 5.14. The van der Waals surface area contributed by atoms with Crippen LogP contribution in [-0.4, -0.2) is 63.3 Å². The van der Waals surface area contributed by atoms with Crippen LogP contribution in [0.3, 0.4) is 0 Å². The molecule has 0 N–H and O–H groups in total. The van der Waals surface area contributed by atoms with Gasteiger partial charge in [-0.25, -0.2) is 17.1 Å². The van der Waals surface area contributed by atoms with Crippen LogP contribution < -0.4 is 4.90 Å². The number of sulfonamides is 1. The van der Waals surface area contributed by atoms with Crippen LogP contribution >= 0.6 is 0 Å². The molecule has 2 aromatic rings. The van der Waals surface area contributed by atoms with Gasteiger partial charge in [0.05, 0.1) is 10.6 Å². The monoisotopic (exact) mass is 419 g/mol. The minimum atomic E-state index is -3.54. The quantitative estimate of drug-likeness (QED) is 0.692. The molecule has 1 heterocycles. The lowest BCUT2D eigenvalue weighted by Gasteiger charge is -2.36. The number of amides is 1. The first-order valence-corrected chi connectivity index (χ1v) is 11.1. The summed E-state index contributed by atoms with van der Waals surface area (Å²) >= 11 is 0. The molecule has 0 aliphatic carbocycles. The zero-order valence-electron chi connectivity index (χ0n) is 16.5. The molecule has 0 radical (unpaired) electrons. The first-order chi connectivity index (χ1) is 13.9. The summed E-state index contributed by atoms with van der Waals surface area (Å²) in [6, 6.07) is 14.9. The maximum absolute atomic E-state index is 13.9. The Bertz CT molecular complexity index is 929. The number of nitrogens with zero attached hydrogens (tertiary/aromatic N) is 3. The number of piperazine rings is 1. The first-order valence-electron chi connectivity index (χ1n) is 9.68. The van der Waals surface area contributed by atoms with Crippen LogP contribution in [0.4, 0.5) is 10.1 Å². The van der Waals surface area contributed by atoms with Gasteiger partial charge in [-0.1, -0.05) is 30.3 Å². The number of benzene rings is 2. The van der Waals surface area contributed by atoms with Crippen molar-refractivity contribution in [3.05, 3.63) is 60.4 Å². The van der Waals surface area contributed by atoms with E-state index < -0.39 is 10.0 Å². The molecule has 0 bridgehead atoms. The summed E-state index contributed by atoms with van der Waals surface area (Å²) in [6.07, 6.45) is 0.739. The molecule has 0 spiro atoms. The van der Waals surface area contributed by atoms with Gasteiger partial charge >= 0.3 is 0 Å². The van der Waals surface area contributed by atoms with Crippen molar-refractivity contribution >= 4 is 21.6 Å². The van der Waals surface area contributed by atoms with Crippen molar-refractivity contribution in [3.8, 4) is 0 Å². The van der Waals surface area contributed by atoms with E-state index in [-0.39, 0.29) is 29.6 Å². The summed E-state index contributed by atoms with van der Waals surface area (Å²) in [5.74, 6) is -0.251. The number of para-hydroxylation sites is 1. The molecule has 1 aliphatic heterocycles. The largest absolute Gasteiger partial charge is 0.366 e. The fraction of sp³-hybridized carbons (Fsp3) is 0.381. The molecule has 156 valence electrons. The summed E-state index contributed by atoms with van der Waals surface area (Å²) in [7, 11) is -2.01. The fourth-order valence-electron chi connectivity index (χ4n) is 3.41. The molecule has 0 saturated carbocycles. The Kier molecular flexibility index (Phi) is 6.87. The van der Waals surface area contributed by atoms with Crippen LogP contribution in [-0.2, 0) is 14.8 Å².